The Morgan fingerprint density at radius 1 is 1.43 bits per heavy atom. The molecular formula is C10H9ClN2O. The second kappa shape index (κ2) is 5.25. The van der Waals surface area contributed by atoms with Gasteiger partial charge in [0.15, 0.2) is 0 Å². The average molecular weight is 209 g/mol. The monoisotopic (exact) mass is 208 g/mol. The summed E-state index contributed by atoms with van der Waals surface area (Å²) in [4.78, 5) is 10.9. The van der Waals surface area contributed by atoms with E-state index in [1.54, 1.807) is 24.3 Å². The number of alkyl halides is 1. The molecule has 0 fully saturated rings. The zero-order chi connectivity index (χ0) is 10.4. The fraction of sp³-hybridized carbons (Fsp3) is 0.200. The Hall–Kier alpha value is -1.53. The van der Waals surface area contributed by atoms with Crippen LogP contribution in [0.15, 0.2) is 24.3 Å². The Bertz CT molecular complexity index is 353. The van der Waals surface area contributed by atoms with Crippen LogP contribution >= 0.6 is 11.6 Å². The predicted molar refractivity (Wildman–Crippen MR) is 55.1 cm³/mol. The highest BCUT2D eigenvalue weighted by molar-refractivity contribution is 6.29. The molecule has 0 aliphatic heterocycles. The molecule has 0 saturated carbocycles. The van der Waals surface area contributed by atoms with E-state index in [4.69, 9.17) is 16.9 Å². The summed E-state index contributed by atoms with van der Waals surface area (Å²) < 4.78 is 0. The number of nitrogens with zero attached hydrogens (tertiary/aromatic N) is 1. The molecular weight excluding hydrogens is 200 g/mol. The number of rotatable bonds is 3. The van der Waals surface area contributed by atoms with Gasteiger partial charge in [-0.15, -0.1) is 11.6 Å². The summed E-state index contributed by atoms with van der Waals surface area (Å²) in [5.41, 5.74) is 1.62. The van der Waals surface area contributed by atoms with Crippen molar-refractivity contribution in [3.8, 4) is 6.07 Å². The van der Waals surface area contributed by atoms with Crippen molar-refractivity contribution in [2.45, 2.75) is 6.42 Å². The van der Waals surface area contributed by atoms with Gasteiger partial charge in [-0.05, 0) is 17.7 Å². The second-order valence-corrected chi connectivity index (χ2v) is 2.98. The first-order valence-corrected chi connectivity index (χ1v) is 4.61. The third kappa shape index (κ3) is 3.08. The van der Waals surface area contributed by atoms with Gasteiger partial charge in [0.25, 0.3) is 0 Å². The van der Waals surface area contributed by atoms with Gasteiger partial charge in [0.1, 0.15) is 5.88 Å². The first kappa shape index (κ1) is 10.6. The quantitative estimate of drug-likeness (QED) is 0.772. The summed E-state index contributed by atoms with van der Waals surface area (Å²) in [7, 11) is 0. The molecule has 0 unspecified atom stereocenters. The van der Waals surface area contributed by atoms with E-state index in [1.807, 2.05) is 6.07 Å². The van der Waals surface area contributed by atoms with Crippen LogP contribution in [0.25, 0.3) is 0 Å². The molecule has 0 aromatic heterocycles. The summed E-state index contributed by atoms with van der Waals surface area (Å²) in [5.74, 6) is -0.292. The van der Waals surface area contributed by atoms with E-state index in [-0.39, 0.29) is 11.8 Å². The van der Waals surface area contributed by atoms with Crippen LogP contribution in [0.2, 0.25) is 0 Å². The standard InChI is InChI=1S/C10H9ClN2O/c11-7-10(14)13-9-3-1-8(2-4-9)5-6-12/h1-4H,5,7H2,(H,13,14). The van der Waals surface area contributed by atoms with E-state index >= 15 is 0 Å². The lowest BCUT2D eigenvalue weighted by atomic mass is 10.1. The molecule has 0 bridgehead atoms. The highest BCUT2D eigenvalue weighted by atomic mass is 35.5. The molecule has 0 atom stereocenters. The number of halogens is 1. The van der Waals surface area contributed by atoms with Gasteiger partial charge in [-0.2, -0.15) is 5.26 Å². The number of hydrogen-bond donors (Lipinski definition) is 1. The lowest BCUT2D eigenvalue weighted by Crippen LogP contribution is -2.12. The fourth-order valence-electron chi connectivity index (χ4n) is 0.992. The zero-order valence-corrected chi connectivity index (χ0v) is 8.21. The molecule has 1 rings (SSSR count). The van der Waals surface area contributed by atoms with Crippen molar-refractivity contribution < 1.29 is 4.79 Å². The van der Waals surface area contributed by atoms with E-state index in [2.05, 4.69) is 5.32 Å². The van der Waals surface area contributed by atoms with Crippen LogP contribution in [-0.2, 0) is 11.2 Å². The van der Waals surface area contributed by atoms with Gasteiger partial charge in [0, 0.05) is 5.69 Å². The fourth-order valence-corrected chi connectivity index (χ4v) is 1.06. The Morgan fingerprint density at radius 2 is 2.07 bits per heavy atom. The summed E-state index contributed by atoms with van der Waals surface area (Å²) in [6, 6.07) is 9.14. The van der Waals surface area contributed by atoms with Gasteiger partial charge < -0.3 is 5.32 Å². The number of benzene rings is 1. The Kier molecular flexibility index (Phi) is 3.96. The summed E-state index contributed by atoms with van der Waals surface area (Å²) in [5, 5.41) is 11.0. The van der Waals surface area contributed by atoms with Crippen molar-refractivity contribution >= 4 is 23.2 Å². The van der Waals surface area contributed by atoms with Crippen molar-refractivity contribution in [1.29, 1.82) is 5.26 Å². The molecule has 14 heavy (non-hydrogen) atoms. The molecule has 0 aliphatic carbocycles. The van der Waals surface area contributed by atoms with Gasteiger partial charge in [0.2, 0.25) is 5.91 Å². The van der Waals surface area contributed by atoms with Gasteiger partial charge in [-0.3, -0.25) is 4.79 Å². The van der Waals surface area contributed by atoms with Crippen LogP contribution < -0.4 is 5.32 Å². The maximum atomic E-state index is 10.9. The molecule has 0 radical (unpaired) electrons. The van der Waals surface area contributed by atoms with E-state index in [0.717, 1.165) is 5.56 Å². The average Bonchev–Trinajstić information content (AvgIpc) is 2.21. The number of nitrogens with one attached hydrogen (secondary N) is 1. The predicted octanol–water partition coefficient (Wildman–Crippen LogP) is 1.93. The highest BCUT2D eigenvalue weighted by Gasteiger charge is 1.99. The van der Waals surface area contributed by atoms with E-state index in [0.29, 0.717) is 12.1 Å². The van der Waals surface area contributed by atoms with E-state index in [9.17, 15) is 4.79 Å². The molecule has 72 valence electrons. The smallest absolute Gasteiger partial charge is 0.239 e. The van der Waals surface area contributed by atoms with Gasteiger partial charge in [-0.25, -0.2) is 0 Å². The van der Waals surface area contributed by atoms with Crippen LogP contribution in [0.3, 0.4) is 0 Å². The van der Waals surface area contributed by atoms with E-state index in [1.165, 1.54) is 0 Å². The SMILES string of the molecule is N#CCc1ccc(NC(=O)CCl)cc1. The molecule has 3 nitrogen and oxygen atoms in total. The number of hydrogen-bond acceptors (Lipinski definition) is 2. The Morgan fingerprint density at radius 3 is 2.57 bits per heavy atom. The first-order valence-electron chi connectivity index (χ1n) is 4.08. The maximum absolute atomic E-state index is 10.9. The summed E-state index contributed by atoms with van der Waals surface area (Å²) in [6.45, 7) is 0. The third-order valence-corrected chi connectivity index (χ3v) is 1.88. The molecule has 0 aliphatic rings. The van der Waals surface area contributed by atoms with Crippen LogP contribution in [0.4, 0.5) is 5.69 Å². The van der Waals surface area contributed by atoms with Crippen molar-refractivity contribution in [2.24, 2.45) is 0 Å². The summed E-state index contributed by atoms with van der Waals surface area (Å²) >= 11 is 5.33. The Labute approximate surface area is 87.3 Å². The maximum Gasteiger partial charge on any atom is 0.239 e. The second-order valence-electron chi connectivity index (χ2n) is 2.71. The normalized spacial score (nSPS) is 9.14. The number of nitriles is 1. The van der Waals surface area contributed by atoms with Crippen molar-refractivity contribution in [3.63, 3.8) is 0 Å². The van der Waals surface area contributed by atoms with Crippen LogP contribution in [0.5, 0.6) is 0 Å². The van der Waals surface area contributed by atoms with Crippen LogP contribution in [0, 0.1) is 11.3 Å². The van der Waals surface area contributed by atoms with Crippen molar-refractivity contribution in [2.75, 3.05) is 11.2 Å². The minimum atomic E-state index is -0.236. The lowest BCUT2D eigenvalue weighted by Gasteiger charge is -2.02. The van der Waals surface area contributed by atoms with Crippen LogP contribution in [-0.4, -0.2) is 11.8 Å². The molecule has 0 heterocycles. The highest BCUT2D eigenvalue weighted by Crippen LogP contribution is 2.09. The molecule has 4 heteroatoms. The topological polar surface area (TPSA) is 52.9 Å². The molecule has 1 amide bonds. The zero-order valence-electron chi connectivity index (χ0n) is 7.46. The first-order chi connectivity index (χ1) is 6.76. The molecule has 1 aromatic rings. The van der Waals surface area contributed by atoms with Gasteiger partial charge in [-0.1, -0.05) is 12.1 Å². The van der Waals surface area contributed by atoms with Gasteiger partial charge in [0.05, 0.1) is 12.5 Å². The van der Waals surface area contributed by atoms with Crippen LogP contribution in [0.1, 0.15) is 5.56 Å². The number of carbonyl (C=O) groups is 1. The lowest BCUT2D eigenvalue weighted by molar-refractivity contribution is -0.113. The number of carbonyl (C=O) groups excluding carboxylic acids is 1. The van der Waals surface area contributed by atoms with Crippen molar-refractivity contribution in [1.82, 2.24) is 0 Å². The van der Waals surface area contributed by atoms with Gasteiger partial charge >= 0.3 is 0 Å². The minimum Gasteiger partial charge on any atom is -0.325 e. The third-order valence-electron chi connectivity index (χ3n) is 1.64. The molecule has 0 saturated heterocycles. The molecule has 0 spiro atoms. The number of amides is 1. The molecule has 1 N–H and O–H groups in total. The minimum absolute atomic E-state index is 0.0556. The number of anilines is 1. The van der Waals surface area contributed by atoms with Crippen molar-refractivity contribution in [3.05, 3.63) is 29.8 Å². The summed E-state index contributed by atoms with van der Waals surface area (Å²) in [6.07, 6.45) is 0.379. The van der Waals surface area contributed by atoms with E-state index < -0.39 is 0 Å². The largest absolute Gasteiger partial charge is 0.325 e. The Balaban J connectivity index is 2.65. The molecule has 1 aromatic carbocycles.